The number of carbonyl (C=O) groups is 1. The highest BCUT2D eigenvalue weighted by Crippen LogP contribution is 2.03. The topological polar surface area (TPSA) is 76.0 Å². The number of hydrogen-bond acceptors (Lipinski definition) is 5. The number of esters is 1. The molecule has 0 aromatic carbocycles. The van der Waals surface area contributed by atoms with Crippen molar-refractivity contribution in [1.82, 2.24) is 0 Å². The van der Waals surface area contributed by atoms with Gasteiger partial charge in [0.05, 0.1) is 12.7 Å². The van der Waals surface area contributed by atoms with E-state index in [0.717, 1.165) is 0 Å². The second-order valence-electron chi connectivity index (χ2n) is 3.59. The van der Waals surface area contributed by atoms with Crippen LogP contribution in [0.15, 0.2) is 0 Å². The number of carbonyl (C=O) groups excluding carboxylic acids is 1. The normalized spacial score (nSPS) is 12.4. The number of ether oxygens (including phenoxy) is 2. The van der Waals surface area contributed by atoms with Crippen LogP contribution in [0.3, 0.4) is 0 Å². The Labute approximate surface area is 96.4 Å². The van der Waals surface area contributed by atoms with Crippen LogP contribution in [0.4, 0.5) is 0 Å². The molecule has 0 aliphatic rings. The van der Waals surface area contributed by atoms with E-state index in [2.05, 4.69) is 0 Å². The fraction of sp³-hybridized carbons (Fsp3) is 0.909. The average molecular weight is 234 g/mol. The van der Waals surface area contributed by atoms with Crippen LogP contribution >= 0.6 is 0 Å². The summed E-state index contributed by atoms with van der Waals surface area (Å²) in [5.41, 5.74) is 0. The van der Waals surface area contributed by atoms with E-state index >= 15 is 0 Å². The smallest absolute Gasteiger partial charge is 0.305 e. The first kappa shape index (κ1) is 15.3. The van der Waals surface area contributed by atoms with Crippen LogP contribution in [-0.2, 0) is 14.3 Å². The van der Waals surface area contributed by atoms with Gasteiger partial charge < -0.3 is 19.7 Å². The molecule has 1 atom stereocenters. The lowest BCUT2D eigenvalue weighted by Crippen LogP contribution is -2.14. The van der Waals surface area contributed by atoms with Crippen LogP contribution in [0.25, 0.3) is 0 Å². The molecule has 0 heterocycles. The van der Waals surface area contributed by atoms with Crippen LogP contribution in [0, 0.1) is 0 Å². The molecule has 0 fully saturated rings. The van der Waals surface area contributed by atoms with Gasteiger partial charge in [-0.3, -0.25) is 4.79 Å². The van der Waals surface area contributed by atoms with Crippen molar-refractivity contribution in [3.8, 4) is 0 Å². The quantitative estimate of drug-likeness (QED) is 0.425. The van der Waals surface area contributed by atoms with Crippen molar-refractivity contribution in [2.24, 2.45) is 0 Å². The van der Waals surface area contributed by atoms with Crippen molar-refractivity contribution in [3.63, 3.8) is 0 Å². The fourth-order valence-electron chi connectivity index (χ4n) is 1.08. The Hall–Kier alpha value is -0.650. The third-order valence-corrected chi connectivity index (χ3v) is 2.03. The Morgan fingerprint density at radius 2 is 1.81 bits per heavy atom. The van der Waals surface area contributed by atoms with Gasteiger partial charge in [0.15, 0.2) is 0 Å². The summed E-state index contributed by atoms with van der Waals surface area (Å²) in [5, 5.41) is 17.0. The molecule has 0 rings (SSSR count). The maximum atomic E-state index is 11.2. The summed E-state index contributed by atoms with van der Waals surface area (Å²) in [4.78, 5) is 11.2. The summed E-state index contributed by atoms with van der Waals surface area (Å²) in [5.74, 6) is -0.258. The van der Waals surface area contributed by atoms with Gasteiger partial charge in [-0.2, -0.15) is 0 Å². The zero-order valence-electron chi connectivity index (χ0n) is 9.85. The van der Waals surface area contributed by atoms with E-state index in [1.165, 1.54) is 0 Å². The van der Waals surface area contributed by atoms with Crippen molar-refractivity contribution < 1.29 is 24.5 Å². The van der Waals surface area contributed by atoms with Crippen LogP contribution in [-0.4, -0.2) is 48.7 Å². The standard InChI is InChI=1S/C11H22O5/c1-10(15-8-2-6-12)4-5-11(14)16-9-3-7-13/h10,12-13H,2-9H2,1H3. The van der Waals surface area contributed by atoms with E-state index in [4.69, 9.17) is 19.7 Å². The first-order chi connectivity index (χ1) is 7.70. The minimum absolute atomic E-state index is 0.00283. The van der Waals surface area contributed by atoms with Gasteiger partial charge in [0.25, 0.3) is 0 Å². The monoisotopic (exact) mass is 234 g/mol. The molecule has 16 heavy (non-hydrogen) atoms. The molecule has 0 aliphatic heterocycles. The lowest BCUT2D eigenvalue weighted by atomic mass is 10.2. The summed E-state index contributed by atoms with van der Waals surface area (Å²) in [7, 11) is 0. The van der Waals surface area contributed by atoms with Gasteiger partial charge >= 0.3 is 5.97 Å². The van der Waals surface area contributed by atoms with E-state index in [-0.39, 0.29) is 31.9 Å². The molecule has 0 bridgehead atoms. The lowest BCUT2D eigenvalue weighted by Gasteiger charge is -2.12. The van der Waals surface area contributed by atoms with E-state index in [1.54, 1.807) is 0 Å². The molecule has 5 heteroatoms. The molecule has 0 saturated heterocycles. The van der Waals surface area contributed by atoms with E-state index in [1.807, 2.05) is 6.92 Å². The van der Waals surface area contributed by atoms with Gasteiger partial charge in [-0.15, -0.1) is 0 Å². The number of hydrogen-bond donors (Lipinski definition) is 2. The summed E-state index contributed by atoms with van der Waals surface area (Å²) in [6, 6.07) is 0. The molecule has 0 radical (unpaired) electrons. The maximum Gasteiger partial charge on any atom is 0.305 e. The molecule has 0 saturated carbocycles. The highest BCUT2D eigenvalue weighted by Gasteiger charge is 2.07. The van der Waals surface area contributed by atoms with Crippen molar-refractivity contribution in [3.05, 3.63) is 0 Å². The first-order valence-electron chi connectivity index (χ1n) is 5.69. The summed E-state index contributed by atoms with van der Waals surface area (Å²) >= 11 is 0. The molecule has 0 amide bonds. The predicted molar refractivity (Wildman–Crippen MR) is 59.0 cm³/mol. The highest BCUT2D eigenvalue weighted by atomic mass is 16.5. The molecular weight excluding hydrogens is 212 g/mol. The Morgan fingerprint density at radius 1 is 1.19 bits per heavy atom. The Bertz CT molecular complexity index is 172. The van der Waals surface area contributed by atoms with Gasteiger partial charge in [-0.1, -0.05) is 0 Å². The van der Waals surface area contributed by atoms with Gasteiger partial charge in [0.1, 0.15) is 0 Å². The van der Waals surface area contributed by atoms with Gasteiger partial charge in [-0.05, 0) is 19.8 Å². The largest absolute Gasteiger partial charge is 0.466 e. The number of aliphatic hydroxyl groups excluding tert-OH is 2. The Kier molecular flexibility index (Phi) is 10.4. The van der Waals surface area contributed by atoms with Crippen LogP contribution in [0.2, 0.25) is 0 Å². The Balaban J connectivity index is 3.36. The fourth-order valence-corrected chi connectivity index (χ4v) is 1.08. The minimum atomic E-state index is -0.258. The summed E-state index contributed by atoms with van der Waals surface area (Å²) < 4.78 is 10.2. The molecule has 2 N–H and O–H groups in total. The molecule has 0 aromatic heterocycles. The zero-order chi connectivity index (χ0) is 12.2. The van der Waals surface area contributed by atoms with E-state index < -0.39 is 0 Å². The molecule has 0 aromatic rings. The third-order valence-electron chi connectivity index (χ3n) is 2.03. The summed E-state index contributed by atoms with van der Waals surface area (Å²) in [6.45, 7) is 2.83. The predicted octanol–water partition coefficient (Wildman–Crippen LogP) is 0.480. The number of aliphatic hydroxyl groups is 2. The van der Waals surface area contributed by atoms with Crippen molar-refractivity contribution in [2.45, 2.75) is 38.7 Å². The molecule has 96 valence electrons. The molecule has 5 nitrogen and oxygen atoms in total. The van der Waals surface area contributed by atoms with Crippen molar-refractivity contribution >= 4 is 5.97 Å². The molecular formula is C11H22O5. The van der Waals surface area contributed by atoms with Crippen LogP contribution < -0.4 is 0 Å². The maximum absolute atomic E-state index is 11.2. The zero-order valence-corrected chi connectivity index (χ0v) is 9.85. The van der Waals surface area contributed by atoms with Gasteiger partial charge in [-0.25, -0.2) is 0 Å². The van der Waals surface area contributed by atoms with Crippen LogP contribution in [0.5, 0.6) is 0 Å². The minimum Gasteiger partial charge on any atom is -0.466 e. The van der Waals surface area contributed by atoms with Crippen molar-refractivity contribution in [2.75, 3.05) is 26.4 Å². The lowest BCUT2D eigenvalue weighted by molar-refractivity contribution is -0.144. The summed E-state index contributed by atoms with van der Waals surface area (Å²) in [6.07, 6.45) is 2.03. The van der Waals surface area contributed by atoms with Crippen LogP contribution in [0.1, 0.15) is 32.6 Å². The van der Waals surface area contributed by atoms with E-state index in [9.17, 15) is 4.79 Å². The first-order valence-corrected chi connectivity index (χ1v) is 5.69. The number of rotatable bonds is 10. The van der Waals surface area contributed by atoms with E-state index in [0.29, 0.717) is 32.3 Å². The molecule has 0 spiro atoms. The SMILES string of the molecule is CC(CCC(=O)OCCCO)OCCCO. The Morgan fingerprint density at radius 3 is 2.44 bits per heavy atom. The van der Waals surface area contributed by atoms with Gasteiger partial charge in [0, 0.05) is 32.7 Å². The highest BCUT2D eigenvalue weighted by molar-refractivity contribution is 5.69. The van der Waals surface area contributed by atoms with Crippen molar-refractivity contribution in [1.29, 1.82) is 0 Å². The molecule has 0 aliphatic carbocycles. The third kappa shape index (κ3) is 9.89. The second-order valence-corrected chi connectivity index (χ2v) is 3.59. The van der Waals surface area contributed by atoms with Gasteiger partial charge in [0.2, 0.25) is 0 Å². The molecule has 1 unspecified atom stereocenters. The average Bonchev–Trinajstić information content (AvgIpc) is 2.27. The second kappa shape index (κ2) is 10.9.